The summed E-state index contributed by atoms with van der Waals surface area (Å²) in [5.74, 6) is 0.503. The second-order valence-electron chi connectivity index (χ2n) is 5.74. The molecule has 0 aliphatic carbocycles. The van der Waals surface area contributed by atoms with Crippen LogP contribution in [0.3, 0.4) is 0 Å². The van der Waals surface area contributed by atoms with E-state index < -0.39 is 12.2 Å². The maximum absolute atomic E-state index is 11.6. The average molecular weight is 376 g/mol. The van der Waals surface area contributed by atoms with Crippen molar-refractivity contribution in [3.05, 3.63) is 0 Å². The highest BCUT2D eigenvalue weighted by molar-refractivity contribution is 8.00. The number of nitrogens with one attached hydrogen (secondary N) is 2. The number of methoxy groups -OCH3 is 2. The van der Waals surface area contributed by atoms with E-state index in [0.717, 1.165) is 25.7 Å². The molecule has 1 fully saturated rings. The molecule has 1 aliphatic rings. The lowest BCUT2D eigenvalue weighted by atomic mass is 10.0. The van der Waals surface area contributed by atoms with Gasteiger partial charge in [0, 0.05) is 17.4 Å². The minimum Gasteiger partial charge on any atom is -0.466 e. The molecule has 0 bridgehead atoms. The molecule has 3 atom stereocenters. The Labute approximate surface area is 152 Å². The predicted octanol–water partition coefficient (Wildman–Crippen LogP) is 2.06. The Morgan fingerprint density at radius 2 is 1.76 bits per heavy atom. The highest BCUT2D eigenvalue weighted by Gasteiger charge is 2.38. The van der Waals surface area contributed by atoms with Crippen LogP contribution in [-0.4, -0.2) is 62.1 Å². The summed E-state index contributed by atoms with van der Waals surface area (Å²) in [5, 5.41) is 5.67. The maximum atomic E-state index is 11.6. The van der Waals surface area contributed by atoms with Crippen LogP contribution in [0, 0.1) is 0 Å². The van der Waals surface area contributed by atoms with E-state index in [1.807, 2.05) is 6.92 Å². The first kappa shape index (κ1) is 21.4. The van der Waals surface area contributed by atoms with Crippen molar-refractivity contribution >= 4 is 29.9 Å². The lowest BCUT2D eigenvalue weighted by Crippen LogP contribution is -2.53. The third-order valence-corrected chi connectivity index (χ3v) is 5.38. The van der Waals surface area contributed by atoms with Crippen LogP contribution in [-0.2, 0) is 19.0 Å². The minimum absolute atomic E-state index is 0.132. The largest absolute Gasteiger partial charge is 0.466 e. The number of rotatable bonds is 9. The molecule has 8 nitrogen and oxygen atoms in total. The molecule has 0 aromatic carbocycles. The molecule has 2 amide bonds. The predicted molar refractivity (Wildman–Crippen MR) is 94.6 cm³/mol. The van der Waals surface area contributed by atoms with E-state index >= 15 is 0 Å². The van der Waals surface area contributed by atoms with Gasteiger partial charge in [0.05, 0.1) is 32.9 Å². The Kier molecular flexibility index (Phi) is 10.1. The first-order valence-electron chi connectivity index (χ1n) is 8.48. The fourth-order valence-electron chi connectivity index (χ4n) is 2.59. The van der Waals surface area contributed by atoms with Gasteiger partial charge < -0.3 is 24.8 Å². The van der Waals surface area contributed by atoms with Gasteiger partial charge in [-0.3, -0.25) is 4.79 Å². The van der Waals surface area contributed by atoms with Gasteiger partial charge >= 0.3 is 18.2 Å². The van der Waals surface area contributed by atoms with E-state index in [0.29, 0.717) is 18.8 Å². The number of amides is 2. The fraction of sp³-hybridized carbons (Fsp3) is 0.812. The summed E-state index contributed by atoms with van der Waals surface area (Å²) in [7, 11) is 2.60. The van der Waals surface area contributed by atoms with E-state index in [-0.39, 0.29) is 23.3 Å². The Morgan fingerprint density at radius 3 is 2.40 bits per heavy atom. The van der Waals surface area contributed by atoms with E-state index in [4.69, 9.17) is 4.74 Å². The van der Waals surface area contributed by atoms with Crippen LogP contribution in [0.4, 0.5) is 9.59 Å². The van der Waals surface area contributed by atoms with Gasteiger partial charge in [-0.15, -0.1) is 0 Å². The van der Waals surface area contributed by atoms with Gasteiger partial charge in [-0.1, -0.05) is 13.3 Å². The van der Waals surface area contributed by atoms with Crippen molar-refractivity contribution in [3.8, 4) is 0 Å². The number of carbonyl (C=O) groups excluding carboxylic acids is 3. The molecule has 0 aromatic heterocycles. The van der Waals surface area contributed by atoms with Crippen molar-refractivity contribution < 1.29 is 28.6 Å². The van der Waals surface area contributed by atoms with E-state index in [2.05, 4.69) is 20.1 Å². The van der Waals surface area contributed by atoms with Crippen LogP contribution >= 0.6 is 11.8 Å². The van der Waals surface area contributed by atoms with Crippen molar-refractivity contribution in [3.63, 3.8) is 0 Å². The molecule has 1 aliphatic heterocycles. The molecular weight excluding hydrogens is 348 g/mol. The van der Waals surface area contributed by atoms with Crippen molar-refractivity contribution in [2.45, 2.75) is 56.4 Å². The molecule has 2 N–H and O–H groups in total. The summed E-state index contributed by atoms with van der Waals surface area (Å²) in [5.41, 5.74) is 0. The zero-order valence-corrected chi connectivity index (χ0v) is 15.9. The van der Waals surface area contributed by atoms with Crippen molar-refractivity contribution in [1.82, 2.24) is 10.6 Å². The van der Waals surface area contributed by atoms with Crippen molar-refractivity contribution in [2.24, 2.45) is 0 Å². The molecule has 0 spiro atoms. The second-order valence-corrected chi connectivity index (χ2v) is 7.01. The number of ether oxygens (including phenoxy) is 3. The number of hydrogen-bond acceptors (Lipinski definition) is 7. The van der Waals surface area contributed by atoms with E-state index in [1.54, 1.807) is 11.8 Å². The highest BCUT2D eigenvalue weighted by Crippen LogP contribution is 2.31. The van der Waals surface area contributed by atoms with Gasteiger partial charge in [-0.05, 0) is 19.3 Å². The minimum atomic E-state index is -0.530. The number of hydrogen-bond donors (Lipinski definition) is 2. The SMILES string of the molecule is CCCOC(=O)CCCC[C@@H]1SC[C@H](NC(=O)OC)[C@@H]1NC(=O)OC. The van der Waals surface area contributed by atoms with E-state index in [1.165, 1.54) is 14.2 Å². The Morgan fingerprint density at radius 1 is 1.08 bits per heavy atom. The van der Waals surface area contributed by atoms with Crippen LogP contribution in [0.15, 0.2) is 0 Å². The summed E-state index contributed by atoms with van der Waals surface area (Å²) in [4.78, 5) is 34.5. The summed E-state index contributed by atoms with van der Waals surface area (Å²) < 4.78 is 14.3. The molecule has 1 heterocycles. The Hall–Kier alpha value is -1.64. The average Bonchev–Trinajstić information content (AvgIpc) is 2.98. The van der Waals surface area contributed by atoms with Gasteiger partial charge in [0.2, 0.25) is 0 Å². The van der Waals surface area contributed by atoms with Gasteiger partial charge in [-0.25, -0.2) is 9.59 Å². The number of carbonyl (C=O) groups is 3. The number of alkyl carbamates (subject to hydrolysis) is 2. The van der Waals surface area contributed by atoms with Gasteiger partial charge in [0.1, 0.15) is 0 Å². The topological polar surface area (TPSA) is 103 Å². The summed E-state index contributed by atoms with van der Waals surface area (Å²) >= 11 is 1.68. The van der Waals surface area contributed by atoms with Crippen LogP contribution in [0.1, 0.15) is 39.0 Å². The molecule has 0 aromatic rings. The van der Waals surface area contributed by atoms with E-state index in [9.17, 15) is 14.4 Å². The number of thioether (sulfide) groups is 1. The first-order chi connectivity index (χ1) is 12.0. The third-order valence-electron chi connectivity index (χ3n) is 3.87. The molecule has 144 valence electrons. The standard InChI is InChI=1S/C16H28N2O6S/c1-4-9-24-13(19)8-6-5-7-12-14(18-16(21)23-3)11(10-25-12)17-15(20)22-2/h11-12,14H,4-10H2,1-3H3,(H,17,20)(H,18,21)/t11-,12-,14-/m0/s1. The first-order valence-corrected chi connectivity index (χ1v) is 9.52. The lowest BCUT2D eigenvalue weighted by molar-refractivity contribution is -0.143. The zero-order chi connectivity index (χ0) is 18.7. The van der Waals surface area contributed by atoms with Gasteiger partial charge in [-0.2, -0.15) is 11.8 Å². The number of esters is 1. The Bertz CT molecular complexity index is 448. The van der Waals surface area contributed by atoms with Crippen molar-refractivity contribution in [1.29, 1.82) is 0 Å². The third kappa shape index (κ3) is 7.85. The second kappa shape index (κ2) is 11.8. The monoisotopic (exact) mass is 376 g/mol. The van der Waals surface area contributed by atoms with Crippen LogP contribution in [0.2, 0.25) is 0 Å². The summed E-state index contributed by atoms with van der Waals surface area (Å²) in [6, 6.07) is -0.473. The molecule has 0 unspecified atom stereocenters. The zero-order valence-electron chi connectivity index (χ0n) is 15.0. The molecule has 9 heteroatoms. The van der Waals surface area contributed by atoms with Gasteiger partial charge in [0.15, 0.2) is 0 Å². The molecule has 0 radical (unpaired) electrons. The molecule has 25 heavy (non-hydrogen) atoms. The van der Waals surface area contributed by atoms with Crippen molar-refractivity contribution in [2.75, 3.05) is 26.6 Å². The smallest absolute Gasteiger partial charge is 0.407 e. The Balaban J connectivity index is 2.45. The van der Waals surface area contributed by atoms with Crippen LogP contribution in [0.5, 0.6) is 0 Å². The molecule has 1 rings (SSSR count). The highest BCUT2D eigenvalue weighted by atomic mass is 32.2. The number of unbranched alkanes of at least 4 members (excludes halogenated alkanes) is 1. The maximum Gasteiger partial charge on any atom is 0.407 e. The normalized spacial score (nSPS) is 22.1. The van der Waals surface area contributed by atoms with Gasteiger partial charge in [0.25, 0.3) is 0 Å². The molecule has 0 saturated carbocycles. The molecule has 1 saturated heterocycles. The summed E-state index contributed by atoms with van der Waals surface area (Å²) in [6.07, 6.45) is 2.55. The quantitative estimate of drug-likeness (QED) is 0.361. The molecular formula is C16H28N2O6S. The fourth-order valence-corrected chi connectivity index (χ4v) is 4.13. The van der Waals surface area contributed by atoms with Crippen LogP contribution < -0.4 is 10.6 Å². The van der Waals surface area contributed by atoms with Crippen LogP contribution in [0.25, 0.3) is 0 Å². The summed E-state index contributed by atoms with van der Waals surface area (Å²) in [6.45, 7) is 2.42. The lowest BCUT2D eigenvalue weighted by Gasteiger charge is -2.24.